The molecule has 0 saturated carbocycles. The van der Waals surface area contributed by atoms with Crippen LogP contribution in [0.4, 0.5) is 0 Å². The Labute approximate surface area is 140 Å². The standard InChI is InChI=1S/C17H23NO6/c19-9-11-14(20)16(22)15(21)13-12(7-4-8-18(11)13)24-17(23)10-5-2-1-3-6-10/h1-3,5-6,11-16,19-22H,4,7-9H2/t11?,12?,13?,14?,15-,16?/m0/s1. The van der Waals surface area contributed by atoms with Crippen molar-refractivity contribution in [2.24, 2.45) is 0 Å². The number of benzene rings is 1. The van der Waals surface area contributed by atoms with Crippen LogP contribution in [0.5, 0.6) is 0 Å². The summed E-state index contributed by atoms with van der Waals surface area (Å²) < 4.78 is 5.58. The van der Waals surface area contributed by atoms with Crippen molar-refractivity contribution in [3.63, 3.8) is 0 Å². The predicted molar refractivity (Wildman–Crippen MR) is 84.3 cm³/mol. The van der Waals surface area contributed by atoms with Gasteiger partial charge in [0.2, 0.25) is 0 Å². The van der Waals surface area contributed by atoms with Gasteiger partial charge in [-0.15, -0.1) is 0 Å². The van der Waals surface area contributed by atoms with E-state index in [1.54, 1.807) is 35.2 Å². The number of aliphatic hydroxyl groups is 4. The zero-order valence-electron chi connectivity index (χ0n) is 13.2. The van der Waals surface area contributed by atoms with Gasteiger partial charge in [-0.2, -0.15) is 0 Å². The van der Waals surface area contributed by atoms with E-state index in [2.05, 4.69) is 0 Å². The Morgan fingerprint density at radius 2 is 1.83 bits per heavy atom. The fraction of sp³-hybridized carbons (Fsp3) is 0.588. The maximum Gasteiger partial charge on any atom is 0.338 e. The van der Waals surface area contributed by atoms with E-state index in [-0.39, 0.29) is 6.61 Å². The molecule has 2 saturated heterocycles. The Kier molecular flexibility index (Phi) is 5.17. The predicted octanol–water partition coefficient (Wildman–Crippen LogP) is -0.866. The average molecular weight is 337 g/mol. The van der Waals surface area contributed by atoms with Crippen LogP contribution < -0.4 is 0 Å². The highest BCUT2D eigenvalue weighted by Gasteiger charge is 2.52. The van der Waals surface area contributed by atoms with Gasteiger partial charge in [0, 0.05) is 0 Å². The third-order valence-electron chi connectivity index (χ3n) is 4.99. The summed E-state index contributed by atoms with van der Waals surface area (Å²) >= 11 is 0. The highest BCUT2D eigenvalue weighted by Crippen LogP contribution is 2.33. The summed E-state index contributed by atoms with van der Waals surface area (Å²) in [5, 5.41) is 40.1. The van der Waals surface area contributed by atoms with E-state index in [0.29, 0.717) is 24.9 Å². The Morgan fingerprint density at radius 3 is 2.50 bits per heavy atom. The van der Waals surface area contributed by atoms with Crippen molar-refractivity contribution < 1.29 is 30.0 Å². The van der Waals surface area contributed by atoms with E-state index in [4.69, 9.17) is 4.74 Å². The van der Waals surface area contributed by atoms with Crippen molar-refractivity contribution >= 4 is 5.97 Å². The number of carbonyl (C=O) groups is 1. The Balaban J connectivity index is 1.80. The average Bonchev–Trinajstić information content (AvgIpc) is 2.61. The molecule has 3 rings (SSSR count). The van der Waals surface area contributed by atoms with Gasteiger partial charge in [-0.05, 0) is 31.5 Å². The summed E-state index contributed by atoms with van der Waals surface area (Å²) in [6, 6.07) is 7.23. The number of nitrogens with zero attached hydrogens (tertiary/aromatic N) is 1. The molecule has 2 fully saturated rings. The molecule has 2 aliphatic rings. The first-order chi connectivity index (χ1) is 11.5. The van der Waals surface area contributed by atoms with Crippen LogP contribution in [0.15, 0.2) is 30.3 Å². The van der Waals surface area contributed by atoms with Gasteiger partial charge in [0.15, 0.2) is 0 Å². The number of hydrogen-bond acceptors (Lipinski definition) is 7. The smallest absolute Gasteiger partial charge is 0.338 e. The molecule has 1 aromatic rings. The number of rotatable bonds is 3. The number of fused-ring (bicyclic) bond motifs is 1. The molecule has 6 atom stereocenters. The van der Waals surface area contributed by atoms with Gasteiger partial charge in [-0.25, -0.2) is 4.79 Å². The van der Waals surface area contributed by atoms with Gasteiger partial charge < -0.3 is 25.2 Å². The molecule has 0 spiro atoms. The normalized spacial score (nSPS) is 36.8. The molecule has 0 aliphatic carbocycles. The minimum Gasteiger partial charge on any atom is -0.457 e. The number of carbonyl (C=O) groups excluding carboxylic acids is 1. The first kappa shape index (κ1) is 17.3. The molecule has 0 aromatic heterocycles. The Bertz CT molecular complexity index is 567. The lowest BCUT2D eigenvalue weighted by Gasteiger charge is -2.53. The maximum absolute atomic E-state index is 12.3. The molecule has 2 aliphatic heterocycles. The summed E-state index contributed by atoms with van der Waals surface area (Å²) in [5.74, 6) is -0.490. The van der Waals surface area contributed by atoms with Gasteiger partial charge in [0.05, 0.1) is 24.3 Å². The molecule has 7 heteroatoms. The largest absolute Gasteiger partial charge is 0.457 e. The van der Waals surface area contributed by atoms with Crippen LogP contribution in [-0.4, -0.2) is 80.9 Å². The lowest BCUT2D eigenvalue weighted by atomic mass is 9.81. The third kappa shape index (κ3) is 3.05. The van der Waals surface area contributed by atoms with E-state index < -0.39 is 42.5 Å². The summed E-state index contributed by atoms with van der Waals surface area (Å²) in [4.78, 5) is 14.1. The second-order valence-corrected chi connectivity index (χ2v) is 6.40. The van der Waals surface area contributed by atoms with Gasteiger partial charge in [-0.3, -0.25) is 4.90 Å². The van der Waals surface area contributed by atoms with E-state index in [1.165, 1.54) is 0 Å². The molecule has 1 aromatic carbocycles. The minimum absolute atomic E-state index is 0.346. The molecule has 5 unspecified atom stereocenters. The second kappa shape index (κ2) is 7.16. The van der Waals surface area contributed by atoms with Crippen LogP contribution in [0, 0.1) is 0 Å². The van der Waals surface area contributed by atoms with Crippen LogP contribution >= 0.6 is 0 Å². The van der Waals surface area contributed by atoms with Gasteiger partial charge in [0.1, 0.15) is 24.4 Å². The van der Waals surface area contributed by atoms with Crippen LogP contribution in [-0.2, 0) is 4.74 Å². The maximum atomic E-state index is 12.3. The highest BCUT2D eigenvalue weighted by atomic mass is 16.5. The zero-order chi connectivity index (χ0) is 17.3. The summed E-state index contributed by atoms with van der Waals surface area (Å²) in [6.07, 6.45) is -3.24. The van der Waals surface area contributed by atoms with Crippen LogP contribution in [0.3, 0.4) is 0 Å². The van der Waals surface area contributed by atoms with Crippen molar-refractivity contribution in [1.82, 2.24) is 4.90 Å². The SMILES string of the molecule is O=C(OC1CCCN2C(CO)C(O)C(O)[C@@H](O)C12)c1ccccc1. The third-order valence-corrected chi connectivity index (χ3v) is 4.99. The van der Waals surface area contributed by atoms with Crippen molar-refractivity contribution in [3.05, 3.63) is 35.9 Å². The van der Waals surface area contributed by atoms with E-state index in [1.807, 2.05) is 0 Å². The first-order valence-corrected chi connectivity index (χ1v) is 8.21. The van der Waals surface area contributed by atoms with E-state index in [0.717, 1.165) is 0 Å². The Morgan fingerprint density at radius 1 is 1.12 bits per heavy atom. The van der Waals surface area contributed by atoms with Crippen molar-refractivity contribution in [2.75, 3.05) is 13.2 Å². The molecule has 4 N–H and O–H groups in total. The number of hydrogen-bond donors (Lipinski definition) is 4. The molecular weight excluding hydrogens is 314 g/mol. The number of aliphatic hydroxyl groups excluding tert-OH is 4. The summed E-state index contributed by atoms with van der Waals surface area (Å²) in [5.41, 5.74) is 0.416. The van der Waals surface area contributed by atoms with Crippen molar-refractivity contribution in [2.45, 2.75) is 49.3 Å². The van der Waals surface area contributed by atoms with E-state index >= 15 is 0 Å². The fourth-order valence-corrected chi connectivity index (χ4v) is 3.76. The lowest BCUT2D eigenvalue weighted by Crippen LogP contribution is -2.71. The monoisotopic (exact) mass is 337 g/mol. The molecule has 2 heterocycles. The first-order valence-electron chi connectivity index (χ1n) is 8.21. The van der Waals surface area contributed by atoms with Gasteiger partial charge in [-0.1, -0.05) is 18.2 Å². The number of esters is 1. The fourth-order valence-electron chi connectivity index (χ4n) is 3.76. The Hall–Kier alpha value is -1.51. The molecule has 0 amide bonds. The second-order valence-electron chi connectivity index (χ2n) is 6.40. The van der Waals surface area contributed by atoms with Crippen LogP contribution in [0.2, 0.25) is 0 Å². The number of ether oxygens (including phenoxy) is 1. The van der Waals surface area contributed by atoms with Crippen molar-refractivity contribution in [1.29, 1.82) is 0 Å². The molecule has 132 valence electrons. The number of piperidine rings is 2. The van der Waals surface area contributed by atoms with Crippen LogP contribution in [0.25, 0.3) is 0 Å². The van der Waals surface area contributed by atoms with Crippen molar-refractivity contribution in [3.8, 4) is 0 Å². The molecule has 24 heavy (non-hydrogen) atoms. The van der Waals surface area contributed by atoms with Crippen LogP contribution in [0.1, 0.15) is 23.2 Å². The molecule has 7 nitrogen and oxygen atoms in total. The minimum atomic E-state index is -1.39. The quantitative estimate of drug-likeness (QED) is 0.531. The highest BCUT2D eigenvalue weighted by molar-refractivity contribution is 5.89. The molecule has 0 bridgehead atoms. The zero-order valence-corrected chi connectivity index (χ0v) is 13.2. The molecule has 0 radical (unpaired) electrons. The van der Waals surface area contributed by atoms with Gasteiger partial charge >= 0.3 is 5.97 Å². The summed E-state index contributed by atoms with van der Waals surface area (Å²) in [6.45, 7) is 0.205. The van der Waals surface area contributed by atoms with E-state index in [9.17, 15) is 25.2 Å². The molecular formula is C17H23NO6. The summed E-state index contributed by atoms with van der Waals surface area (Å²) in [7, 11) is 0. The van der Waals surface area contributed by atoms with Gasteiger partial charge in [0.25, 0.3) is 0 Å². The topological polar surface area (TPSA) is 110 Å². The lowest BCUT2D eigenvalue weighted by molar-refractivity contribution is -0.199.